The van der Waals surface area contributed by atoms with E-state index >= 15 is 0 Å². The van der Waals surface area contributed by atoms with Crippen LogP contribution < -0.4 is 10.6 Å². The van der Waals surface area contributed by atoms with Gasteiger partial charge in [0.25, 0.3) is 5.91 Å². The summed E-state index contributed by atoms with van der Waals surface area (Å²) in [4.78, 5) is 25.5. The smallest absolute Gasteiger partial charge is 0.251 e. The van der Waals surface area contributed by atoms with Gasteiger partial charge in [0.1, 0.15) is 5.82 Å². The van der Waals surface area contributed by atoms with E-state index in [1.807, 2.05) is 26.8 Å². The molecule has 0 saturated heterocycles. The van der Waals surface area contributed by atoms with Gasteiger partial charge in [-0.25, -0.2) is 9.07 Å². The van der Waals surface area contributed by atoms with Crippen molar-refractivity contribution in [1.82, 2.24) is 15.1 Å². The second-order valence-electron chi connectivity index (χ2n) is 9.10. The zero-order valence-corrected chi connectivity index (χ0v) is 20.0. The van der Waals surface area contributed by atoms with Gasteiger partial charge in [-0.3, -0.25) is 9.59 Å². The summed E-state index contributed by atoms with van der Waals surface area (Å²) in [5.41, 5.74) is 5.29. The van der Waals surface area contributed by atoms with E-state index < -0.39 is 0 Å². The molecule has 0 spiro atoms. The lowest BCUT2D eigenvalue weighted by Gasteiger charge is -2.23. The molecule has 6 nitrogen and oxygen atoms in total. The number of benzene rings is 2. The number of carbonyl (C=O) groups excluding carboxylic acids is 2. The topological polar surface area (TPSA) is 76.0 Å². The Labute approximate surface area is 199 Å². The fourth-order valence-corrected chi connectivity index (χ4v) is 4.58. The predicted molar refractivity (Wildman–Crippen MR) is 131 cm³/mol. The third kappa shape index (κ3) is 5.35. The molecule has 4 rings (SSSR count). The molecule has 2 N–H and O–H groups in total. The summed E-state index contributed by atoms with van der Waals surface area (Å²) in [6.07, 6.45) is 5.81. The molecule has 1 saturated carbocycles. The van der Waals surface area contributed by atoms with E-state index in [1.54, 1.807) is 28.9 Å². The Morgan fingerprint density at radius 1 is 1.03 bits per heavy atom. The van der Waals surface area contributed by atoms with Crippen LogP contribution in [0.1, 0.15) is 65.0 Å². The fourth-order valence-electron chi connectivity index (χ4n) is 4.58. The van der Waals surface area contributed by atoms with Crippen molar-refractivity contribution in [2.75, 3.05) is 5.32 Å². The number of hydrogen-bond acceptors (Lipinski definition) is 3. The predicted octanol–water partition coefficient (Wildman–Crippen LogP) is 5.18. The molecule has 3 aromatic rings. The number of hydrogen-bond donors (Lipinski definition) is 2. The van der Waals surface area contributed by atoms with Crippen LogP contribution in [0.15, 0.2) is 42.5 Å². The van der Waals surface area contributed by atoms with E-state index in [0.717, 1.165) is 53.9 Å². The van der Waals surface area contributed by atoms with Gasteiger partial charge in [-0.1, -0.05) is 19.3 Å². The number of nitrogens with zero attached hydrogens (tertiary/aromatic N) is 2. The second-order valence-corrected chi connectivity index (χ2v) is 9.10. The standard InChI is InChI=1S/C27H31FN4O2/c1-17-15-20(27(34)29-22-7-5-4-6-8-22)9-14-25(17)30-26(33)16-24-18(2)31-32(19(24)3)23-12-10-21(28)11-13-23/h9-15,22H,4-8,16H2,1-3H3,(H,29,34)(H,30,33). The summed E-state index contributed by atoms with van der Waals surface area (Å²) >= 11 is 0. The van der Waals surface area contributed by atoms with Gasteiger partial charge >= 0.3 is 0 Å². The van der Waals surface area contributed by atoms with Crippen molar-refractivity contribution in [2.45, 2.75) is 65.3 Å². The average molecular weight is 463 g/mol. The number of aromatic nitrogens is 2. The van der Waals surface area contributed by atoms with Crippen molar-refractivity contribution in [1.29, 1.82) is 0 Å². The van der Waals surface area contributed by atoms with Crippen LogP contribution in [0.25, 0.3) is 5.69 Å². The number of nitrogens with one attached hydrogen (secondary N) is 2. The minimum absolute atomic E-state index is 0.0627. The maximum Gasteiger partial charge on any atom is 0.251 e. The van der Waals surface area contributed by atoms with Crippen LogP contribution in [0.5, 0.6) is 0 Å². The number of amides is 2. The van der Waals surface area contributed by atoms with Crippen LogP contribution in [0.2, 0.25) is 0 Å². The highest BCUT2D eigenvalue weighted by molar-refractivity contribution is 5.97. The summed E-state index contributed by atoms with van der Waals surface area (Å²) in [6.45, 7) is 5.65. The first kappa shape index (κ1) is 23.7. The number of carbonyl (C=O) groups is 2. The van der Waals surface area contributed by atoms with Crippen molar-refractivity contribution >= 4 is 17.5 Å². The largest absolute Gasteiger partial charge is 0.349 e. The molecular weight excluding hydrogens is 431 g/mol. The Morgan fingerprint density at radius 2 is 1.74 bits per heavy atom. The molecule has 0 aliphatic heterocycles. The molecule has 1 aromatic heterocycles. The van der Waals surface area contributed by atoms with E-state index in [2.05, 4.69) is 15.7 Å². The molecule has 1 aliphatic rings. The maximum absolute atomic E-state index is 13.3. The lowest BCUT2D eigenvalue weighted by atomic mass is 9.95. The molecule has 2 amide bonds. The Hall–Kier alpha value is -3.48. The normalized spacial score (nSPS) is 14.1. The summed E-state index contributed by atoms with van der Waals surface area (Å²) in [5.74, 6) is -0.530. The van der Waals surface area contributed by atoms with Crippen LogP contribution >= 0.6 is 0 Å². The summed E-state index contributed by atoms with van der Waals surface area (Å²) in [6, 6.07) is 11.7. The molecule has 0 radical (unpaired) electrons. The van der Waals surface area contributed by atoms with Gasteiger partial charge < -0.3 is 10.6 Å². The summed E-state index contributed by atoms with van der Waals surface area (Å²) in [7, 11) is 0. The Bertz CT molecular complexity index is 1190. The minimum Gasteiger partial charge on any atom is -0.349 e. The molecular formula is C27H31FN4O2. The Kier molecular flexibility index (Phi) is 7.10. The van der Waals surface area contributed by atoms with Gasteiger partial charge in [-0.15, -0.1) is 0 Å². The Morgan fingerprint density at radius 3 is 2.41 bits per heavy atom. The van der Waals surface area contributed by atoms with E-state index in [1.165, 1.54) is 18.6 Å². The Balaban J connectivity index is 1.42. The van der Waals surface area contributed by atoms with Crippen LogP contribution in [-0.4, -0.2) is 27.6 Å². The number of halogens is 1. The quantitative estimate of drug-likeness (QED) is 0.530. The molecule has 1 heterocycles. The maximum atomic E-state index is 13.3. The van der Waals surface area contributed by atoms with Gasteiger partial charge in [-0.2, -0.15) is 5.10 Å². The monoisotopic (exact) mass is 462 g/mol. The lowest BCUT2D eigenvalue weighted by molar-refractivity contribution is -0.115. The van der Waals surface area contributed by atoms with Gasteiger partial charge in [-0.05, 0) is 81.6 Å². The molecule has 0 bridgehead atoms. The third-order valence-corrected chi connectivity index (χ3v) is 6.55. The minimum atomic E-state index is -0.308. The van der Waals surface area contributed by atoms with E-state index in [0.29, 0.717) is 11.3 Å². The van der Waals surface area contributed by atoms with Crippen LogP contribution in [0.4, 0.5) is 10.1 Å². The van der Waals surface area contributed by atoms with Gasteiger partial charge in [0.05, 0.1) is 17.8 Å². The number of rotatable bonds is 6. The molecule has 1 aliphatic carbocycles. The van der Waals surface area contributed by atoms with E-state index in [4.69, 9.17) is 0 Å². The zero-order chi connectivity index (χ0) is 24.2. The first-order chi connectivity index (χ1) is 16.3. The van der Waals surface area contributed by atoms with Gasteiger partial charge in [0.15, 0.2) is 0 Å². The van der Waals surface area contributed by atoms with E-state index in [9.17, 15) is 14.0 Å². The molecule has 178 valence electrons. The van der Waals surface area contributed by atoms with Crippen molar-refractivity contribution in [3.63, 3.8) is 0 Å². The summed E-state index contributed by atoms with van der Waals surface area (Å²) in [5, 5.41) is 10.6. The first-order valence-electron chi connectivity index (χ1n) is 11.8. The first-order valence-corrected chi connectivity index (χ1v) is 11.8. The second kappa shape index (κ2) is 10.2. The van der Waals surface area contributed by atoms with Crippen LogP contribution in [-0.2, 0) is 11.2 Å². The van der Waals surface area contributed by atoms with Crippen molar-refractivity contribution < 1.29 is 14.0 Å². The molecule has 7 heteroatoms. The molecule has 0 atom stereocenters. The molecule has 2 aromatic carbocycles. The van der Waals surface area contributed by atoms with Crippen molar-refractivity contribution in [3.05, 3.63) is 76.4 Å². The summed E-state index contributed by atoms with van der Waals surface area (Å²) < 4.78 is 15.0. The van der Waals surface area contributed by atoms with E-state index in [-0.39, 0.29) is 30.1 Å². The lowest BCUT2D eigenvalue weighted by Crippen LogP contribution is -2.36. The highest BCUT2D eigenvalue weighted by Crippen LogP contribution is 2.22. The van der Waals surface area contributed by atoms with Gasteiger partial charge in [0, 0.05) is 28.6 Å². The highest BCUT2D eigenvalue weighted by Gasteiger charge is 2.19. The molecule has 34 heavy (non-hydrogen) atoms. The van der Waals surface area contributed by atoms with Crippen molar-refractivity contribution in [2.24, 2.45) is 0 Å². The SMILES string of the molecule is Cc1cc(C(=O)NC2CCCCC2)ccc1NC(=O)Cc1c(C)nn(-c2ccc(F)cc2)c1C. The van der Waals surface area contributed by atoms with Crippen molar-refractivity contribution in [3.8, 4) is 5.69 Å². The third-order valence-electron chi connectivity index (χ3n) is 6.55. The average Bonchev–Trinajstić information content (AvgIpc) is 3.09. The molecule has 0 unspecified atom stereocenters. The molecule has 1 fully saturated rings. The van der Waals surface area contributed by atoms with Crippen LogP contribution in [0, 0.1) is 26.6 Å². The number of aryl methyl sites for hydroxylation is 2. The highest BCUT2D eigenvalue weighted by atomic mass is 19.1. The number of anilines is 1. The zero-order valence-electron chi connectivity index (χ0n) is 20.0. The van der Waals surface area contributed by atoms with Crippen LogP contribution in [0.3, 0.4) is 0 Å². The fraction of sp³-hybridized carbons (Fsp3) is 0.370. The van der Waals surface area contributed by atoms with Gasteiger partial charge in [0.2, 0.25) is 5.91 Å².